The van der Waals surface area contributed by atoms with Crippen LogP contribution in [0.3, 0.4) is 0 Å². The lowest BCUT2D eigenvalue weighted by Crippen LogP contribution is -2.61. The number of hydrogen-bond donors (Lipinski definition) is 0. The predicted octanol–water partition coefficient (Wildman–Crippen LogP) is 24.1. The van der Waals surface area contributed by atoms with Crippen molar-refractivity contribution in [3.63, 3.8) is 0 Å². The van der Waals surface area contributed by atoms with Crippen LogP contribution in [0.5, 0.6) is 0 Å². The second-order valence-electron chi connectivity index (χ2n) is 27.4. The maximum absolute atomic E-state index is 2.74. The molecule has 0 unspecified atom stereocenters. The Morgan fingerprint density at radius 2 is 0.563 bits per heavy atom. The van der Waals surface area contributed by atoms with E-state index in [1.165, 1.54) is 68.9 Å². The number of hydrogen-bond acceptors (Lipinski definition) is 3. The van der Waals surface area contributed by atoms with E-state index in [9.17, 15) is 0 Å². The molecule has 0 radical (unpaired) electrons. The van der Waals surface area contributed by atoms with Crippen LogP contribution in [0.15, 0.2) is 364 Å². The van der Waals surface area contributed by atoms with Crippen molar-refractivity contribution in [2.45, 2.75) is 0 Å². The summed E-state index contributed by atoms with van der Waals surface area (Å²) >= 11 is 1.94. The molecule has 22 rings (SSSR count). The molecule has 0 bridgehead atoms. The molecule has 478 valence electrons. The van der Waals surface area contributed by atoms with Crippen LogP contribution in [0.25, 0.3) is 147 Å². The van der Waals surface area contributed by atoms with E-state index in [4.69, 9.17) is 0 Å². The first-order valence-electron chi connectivity index (χ1n) is 35.5. The molecule has 4 aromatic heterocycles. The lowest BCUT2D eigenvalue weighted by molar-refractivity contribution is 1.15. The van der Waals surface area contributed by atoms with Gasteiger partial charge < -0.3 is 23.5 Å². The molecule has 20 aromatic rings. The molecule has 0 aliphatic carbocycles. The third-order valence-corrected chi connectivity index (χ3v) is 23.2. The van der Waals surface area contributed by atoms with Gasteiger partial charge in [-0.3, -0.25) is 0 Å². The first-order valence-corrected chi connectivity index (χ1v) is 36.3. The van der Waals surface area contributed by atoms with E-state index in [0.717, 1.165) is 129 Å². The van der Waals surface area contributed by atoms with E-state index in [-0.39, 0.29) is 6.71 Å². The van der Waals surface area contributed by atoms with Crippen LogP contribution in [0, 0.1) is 0 Å². The summed E-state index contributed by atoms with van der Waals surface area (Å²) in [6, 6.07) is 137. The molecule has 0 N–H and O–H groups in total. The van der Waals surface area contributed by atoms with Gasteiger partial charge in [0.1, 0.15) is 0 Å². The molecule has 2 aliphatic heterocycles. The Morgan fingerprint density at radius 3 is 0.981 bits per heavy atom. The topological polar surface area (TPSA) is 21.3 Å². The van der Waals surface area contributed by atoms with Crippen LogP contribution in [0.1, 0.15) is 0 Å². The molecule has 7 heteroatoms. The Hall–Kier alpha value is -13.2. The van der Waals surface area contributed by atoms with Crippen molar-refractivity contribution < 1.29 is 0 Å². The Labute approximate surface area is 599 Å². The molecule has 16 aromatic carbocycles. The zero-order valence-electron chi connectivity index (χ0n) is 55.9. The number of aromatic nitrogens is 3. The molecule has 0 saturated heterocycles. The van der Waals surface area contributed by atoms with Gasteiger partial charge in [0, 0.05) is 103 Å². The molecule has 0 fully saturated rings. The van der Waals surface area contributed by atoms with E-state index in [0.29, 0.717) is 0 Å². The monoisotopic (exact) mass is 1330 g/mol. The van der Waals surface area contributed by atoms with Gasteiger partial charge in [0.05, 0.1) is 55.8 Å². The summed E-state index contributed by atoms with van der Waals surface area (Å²) in [4.78, 5) is 5.45. The fourth-order valence-electron chi connectivity index (χ4n) is 17.8. The summed E-state index contributed by atoms with van der Waals surface area (Å²) in [6.45, 7) is -0.321. The lowest BCUT2D eigenvalue weighted by Gasteiger charge is -2.46. The van der Waals surface area contributed by atoms with Crippen LogP contribution in [-0.2, 0) is 0 Å². The summed E-state index contributed by atoms with van der Waals surface area (Å²) in [5.74, 6) is 0. The number of benzene rings is 16. The van der Waals surface area contributed by atoms with Crippen LogP contribution in [0.2, 0.25) is 0 Å². The van der Waals surface area contributed by atoms with Crippen molar-refractivity contribution in [1.29, 1.82) is 0 Å². The van der Waals surface area contributed by atoms with Gasteiger partial charge in [0.15, 0.2) is 0 Å². The predicted molar refractivity (Wildman–Crippen MR) is 438 cm³/mol. The molecule has 0 amide bonds. The normalized spacial score (nSPS) is 12.6. The smallest absolute Gasteiger partial charge is 0.254 e. The first kappa shape index (κ1) is 57.7. The fourth-order valence-corrected chi connectivity index (χ4v) is 19.1. The third-order valence-electron chi connectivity index (χ3n) is 22.0. The highest BCUT2D eigenvalue weighted by atomic mass is 32.1. The zero-order valence-corrected chi connectivity index (χ0v) is 56.7. The second kappa shape index (κ2) is 22.7. The van der Waals surface area contributed by atoms with Crippen LogP contribution in [0.4, 0.5) is 34.1 Å². The van der Waals surface area contributed by atoms with Crippen molar-refractivity contribution in [3.8, 4) is 61.6 Å². The Balaban J connectivity index is 0.981. The standard InChI is InChI=1S/C96H60BN5S/c1-5-29-61(30-6-1)67-44-27-45-68(62-31-7-2-8-32-62)94(67)101-85-57-65(98-79-48-20-13-37-71(79)72-38-14-21-49-80(72)98)55-56-78(85)97-92-87(101)58-66(99-81-50-22-15-39-73(81)74-40-16-23-51-82(74)99)59-88(92)102(95-69(63-33-9-3-10-34-63)46-28-47-70(95)64-35-11-4-12-36-64)89-60-86(91-77-43-19-26-54-90(77)103-96(91)93(89)97)100-83-52-24-17-41-75(83)76-42-18-25-53-84(76)100/h1-60H. The SMILES string of the molecule is c1ccc(-c2cccc(-c3ccccc3)c2N2c3cc(-n4c5ccccc5c5ccccc54)ccc3B3c4c2cc(-n2c5ccccc5c5ccccc52)cc4N(c2c(-c4ccccc4)cccc2-c2ccccc2)c2cc(-n4c5ccccc5c5ccccc54)c4c(sc5ccccc54)c23)cc1. The van der Waals surface area contributed by atoms with Gasteiger partial charge in [-0.25, -0.2) is 0 Å². The number of fused-ring (bicyclic) bond motifs is 17. The zero-order chi connectivity index (χ0) is 67.4. The van der Waals surface area contributed by atoms with E-state index in [1.807, 2.05) is 11.3 Å². The molecule has 103 heavy (non-hydrogen) atoms. The number of thiophene rings is 1. The number of para-hydroxylation sites is 8. The maximum Gasteiger partial charge on any atom is 0.254 e. The minimum absolute atomic E-state index is 0.321. The highest BCUT2D eigenvalue weighted by Gasteiger charge is 2.47. The molecule has 5 nitrogen and oxygen atoms in total. The van der Waals surface area contributed by atoms with Gasteiger partial charge in [-0.2, -0.15) is 0 Å². The van der Waals surface area contributed by atoms with Gasteiger partial charge in [0.25, 0.3) is 6.71 Å². The van der Waals surface area contributed by atoms with Gasteiger partial charge in [-0.15, -0.1) is 11.3 Å². The Kier molecular flexibility index (Phi) is 12.7. The van der Waals surface area contributed by atoms with Crippen molar-refractivity contribution in [2.75, 3.05) is 9.80 Å². The molecule has 6 heterocycles. The average Bonchev–Trinajstić information content (AvgIpc) is 1.57. The molecular formula is C96H60BN5S. The van der Waals surface area contributed by atoms with Crippen LogP contribution < -0.4 is 26.2 Å². The minimum atomic E-state index is -0.321. The lowest BCUT2D eigenvalue weighted by atomic mass is 9.33. The quantitative estimate of drug-likeness (QED) is 0.134. The molecule has 0 saturated carbocycles. The van der Waals surface area contributed by atoms with Crippen molar-refractivity contribution in [3.05, 3.63) is 364 Å². The van der Waals surface area contributed by atoms with Gasteiger partial charge in [-0.1, -0.05) is 291 Å². The highest BCUT2D eigenvalue weighted by Crippen LogP contribution is 2.56. The molecule has 2 aliphatic rings. The minimum Gasteiger partial charge on any atom is -0.310 e. The molecular weight excluding hydrogens is 1270 g/mol. The summed E-state index contributed by atoms with van der Waals surface area (Å²) < 4.78 is 10.1. The van der Waals surface area contributed by atoms with Crippen molar-refractivity contribution in [1.82, 2.24) is 13.7 Å². The number of rotatable bonds is 9. The van der Waals surface area contributed by atoms with E-state index >= 15 is 0 Å². The molecule has 0 atom stereocenters. The van der Waals surface area contributed by atoms with E-state index < -0.39 is 0 Å². The summed E-state index contributed by atoms with van der Waals surface area (Å²) in [5, 5.41) is 9.76. The first-order chi connectivity index (χ1) is 51.2. The largest absolute Gasteiger partial charge is 0.310 e. The van der Waals surface area contributed by atoms with Gasteiger partial charge >= 0.3 is 0 Å². The third kappa shape index (κ3) is 8.49. The Bertz CT molecular complexity index is 6590. The van der Waals surface area contributed by atoms with Crippen molar-refractivity contribution in [2.24, 2.45) is 0 Å². The Morgan fingerprint density at radius 1 is 0.233 bits per heavy atom. The van der Waals surface area contributed by atoms with Gasteiger partial charge in [-0.05, 0) is 111 Å². The maximum atomic E-state index is 2.74. The van der Waals surface area contributed by atoms with Gasteiger partial charge in [0.2, 0.25) is 0 Å². The van der Waals surface area contributed by atoms with E-state index in [1.54, 1.807) is 0 Å². The number of nitrogens with zero attached hydrogens (tertiary/aromatic N) is 5. The summed E-state index contributed by atoms with van der Waals surface area (Å²) in [7, 11) is 0. The van der Waals surface area contributed by atoms with E-state index in [2.05, 4.69) is 387 Å². The number of anilines is 6. The van der Waals surface area contributed by atoms with Crippen LogP contribution in [-0.4, -0.2) is 20.4 Å². The van der Waals surface area contributed by atoms with Crippen LogP contribution >= 0.6 is 11.3 Å². The molecule has 0 spiro atoms. The van der Waals surface area contributed by atoms with Crippen molar-refractivity contribution >= 4 is 154 Å². The average molecular weight is 1330 g/mol. The fraction of sp³-hybridized carbons (Fsp3) is 0. The highest BCUT2D eigenvalue weighted by molar-refractivity contribution is 7.28. The summed E-state index contributed by atoms with van der Waals surface area (Å²) in [6.07, 6.45) is 0. The second-order valence-corrected chi connectivity index (χ2v) is 28.4. The summed E-state index contributed by atoms with van der Waals surface area (Å²) in [5.41, 5.74) is 29.5.